The van der Waals surface area contributed by atoms with Crippen LogP contribution in [-0.2, 0) is 4.79 Å². The minimum Gasteiger partial charge on any atom is -0.337 e. The van der Waals surface area contributed by atoms with Gasteiger partial charge in [-0.2, -0.15) is 0 Å². The molecule has 1 amide bonds. The summed E-state index contributed by atoms with van der Waals surface area (Å²) in [5.74, 6) is 1.35. The number of likely N-dealkylation sites (tertiary alicyclic amines) is 1. The molecule has 2 aliphatic rings. The molecule has 0 bridgehead atoms. The summed E-state index contributed by atoms with van der Waals surface area (Å²) in [6.07, 6.45) is 1.65. The van der Waals surface area contributed by atoms with Crippen LogP contribution < -0.4 is 0 Å². The van der Waals surface area contributed by atoms with E-state index < -0.39 is 0 Å². The first-order chi connectivity index (χ1) is 5.79. The van der Waals surface area contributed by atoms with E-state index in [1.807, 2.05) is 11.9 Å². The lowest BCUT2D eigenvalue weighted by Gasteiger charge is -2.18. The second-order valence-electron chi connectivity index (χ2n) is 3.13. The summed E-state index contributed by atoms with van der Waals surface area (Å²) in [6, 6.07) is 0.296. The highest BCUT2D eigenvalue weighted by molar-refractivity contribution is 8.14. The lowest BCUT2D eigenvalue weighted by molar-refractivity contribution is -0.127. The highest BCUT2D eigenvalue weighted by Crippen LogP contribution is 2.25. The Balaban J connectivity index is 2.09. The van der Waals surface area contributed by atoms with E-state index in [1.54, 1.807) is 11.8 Å². The number of rotatable bonds is 1. The van der Waals surface area contributed by atoms with Gasteiger partial charge in [-0.05, 0) is 6.42 Å². The number of carbonyl (C=O) groups excluding carboxylic acids is 1. The van der Waals surface area contributed by atoms with E-state index >= 15 is 0 Å². The van der Waals surface area contributed by atoms with Crippen molar-refractivity contribution in [2.45, 2.75) is 18.9 Å². The predicted molar refractivity (Wildman–Crippen MR) is 50.6 cm³/mol. The van der Waals surface area contributed by atoms with Gasteiger partial charge in [-0.15, -0.1) is 11.8 Å². The molecule has 0 aromatic heterocycles. The molecule has 0 saturated carbocycles. The molecule has 4 heteroatoms. The molecule has 2 heterocycles. The number of carbonyl (C=O) groups is 1. The van der Waals surface area contributed by atoms with E-state index in [4.69, 9.17) is 0 Å². The molecule has 0 radical (unpaired) electrons. The van der Waals surface area contributed by atoms with Crippen molar-refractivity contribution in [3.05, 3.63) is 0 Å². The minimum absolute atomic E-state index is 0.259. The van der Waals surface area contributed by atoms with Gasteiger partial charge in [-0.3, -0.25) is 9.79 Å². The van der Waals surface area contributed by atoms with Crippen molar-refractivity contribution >= 4 is 22.7 Å². The standard InChI is InChI=1S/C8H12N2OS/c1-10-6(2-3-7(10)11)8-9-4-5-12-8/h6H,2-5H2,1H3/t6-/m1/s1. The SMILES string of the molecule is CN1C(=O)CC[C@@H]1C1=NCCS1. The third-order valence-electron chi connectivity index (χ3n) is 2.39. The molecule has 1 atom stereocenters. The minimum atomic E-state index is 0.259. The molecular weight excluding hydrogens is 172 g/mol. The van der Waals surface area contributed by atoms with E-state index in [0.29, 0.717) is 12.5 Å². The molecule has 2 aliphatic heterocycles. The van der Waals surface area contributed by atoms with Crippen molar-refractivity contribution < 1.29 is 4.79 Å². The van der Waals surface area contributed by atoms with Crippen LogP contribution in [0.5, 0.6) is 0 Å². The first kappa shape index (κ1) is 8.10. The monoisotopic (exact) mass is 184 g/mol. The smallest absolute Gasteiger partial charge is 0.222 e. The fourth-order valence-electron chi connectivity index (χ4n) is 1.65. The number of amides is 1. The molecule has 12 heavy (non-hydrogen) atoms. The largest absolute Gasteiger partial charge is 0.337 e. The van der Waals surface area contributed by atoms with Crippen LogP contribution in [0, 0.1) is 0 Å². The highest BCUT2D eigenvalue weighted by Gasteiger charge is 2.32. The third kappa shape index (κ3) is 1.24. The zero-order valence-corrected chi connectivity index (χ0v) is 7.93. The van der Waals surface area contributed by atoms with E-state index in [0.717, 1.165) is 18.7 Å². The van der Waals surface area contributed by atoms with Crippen LogP contribution in [0.15, 0.2) is 4.99 Å². The number of hydrogen-bond donors (Lipinski definition) is 0. The molecular formula is C8H12N2OS. The Kier molecular flexibility index (Phi) is 2.09. The second-order valence-corrected chi connectivity index (χ2v) is 4.24. The van der Waals surface area contributed by atoms with Gasteiger partial charge in [-0.1, -0.05) is 0 Å². The zero-order valence-electron chi connectivity index (χ0n) is 7.12. The molecule has 0 unspecified atom stereocenters. The average molecular weight is 184 g/mol. The van der Waals surface area contributed by atoms with Crippen molar-refractivity contribution in [2.75, 3.05) is 19.3 Å². The Bertz CT molecular complexity index is 239. The fourth-order valence-corrected chi connectivity index (χ4v) is 2.69. The maximum Gasteiger partial charge on any atom is 0.222 e. The summed E-state index contributed by atoms with van der Waals surface area (Å²) in [5, 5.41) is 1.17. The van der Waals surface area contributed by atoms with Gasteiger partial charge in [0.15, 0.2) is 0 Å². The second kappa shape index (κ2) is 3.09. The van der Waals surface area contributed by atoms with Crippen LogP contribution in [0.4, 0.5) is 0 Å². The van der Waals surface area contributed by atoms with Gasteiger partial charge in [-0.25, -0.2) is 0 Å². The lowest BCUT2D eigenvalue weighted by Crippen LogP contribution is -2.33. The van der Waals surface area contributed by atoms with E-state index in [9.17, 15) is 4.79 Å². The van der Waals surface area contributed by atoms with Crippen molar-refractivity contribution in [1.29, 1.82) is 0 Å². The molecule has 3 nitrogen and oxygen atoms in total. The first-order valence-electron chi connectivity index (χ1n) is 4.22. The maximum absolute atomic E-state index is 11.2. The van der Waals surface area contributed by atoms with Crippen LogP contribution in [0.2, 0.25) is 0 Å². The van der Waals surface area contributed by atoms with Gasteiger partial charge in [0.05, 0.1) is 11.1 Å². The zero-order chi connectivity index (χ0) is 8.55. The molecule has 1 saturated heterocycles. The van der Waals surface area contributed by atoms with Crippen molar-refractivity contribution in [3.63, 3.8) is 0 Å². The summed E-state index contributed by atoms with van der Waals surface area (Å²) in [7, 11) is 1.88. The molecule has 66 valence electrons. The first-order valence-corrected chi connectivity index (χ1v) is 5.20. The van der Waals surface area contributed by atoms with Crippen LogP contribution in [0.3, 0.4) is 0 Å². The average Bonchev–Trinajstić information content (AvgIpc) is 2.64. The van der Waals surface area contributed by atoms with Gasteiger partial charge in [0, 0.05) is 25.8 Å². The normalized spacial score (nSPS) is 29.8. The summed E-state index contributed by atoms with van der Waals surface area (Å²) in [6.45, 7) is 0.929. The van der Waals surface area contributed by atoms with Crippen LogP contribution in [-0.4, -0.2) is 41.2 Å². The number of thioether (sulfide) groups is 1. The Hall–Kier alpha value is -0.510. The number of nitrogens with zero attached hydrogens (tertiary/aromatic N) is 2. The lowest BCUT2D eigenvalue weighted by atomic mass is 10.2. The quantitative estimate of drug-likeness (QED) is 0.602. The molecule has 2 rings (SSSR count). The molecule has 1 fully saturated rings. The molecule has 0 N–H and O–H groups in total. The van der Waals surface area contributed by atoms with Crippen molar-refractivity contribution in [2.24, 2.45) is 4.99 Å². The van der Waals surface area contributed by atoms with Gasteiger partial charge in [0.1, 0.15) is 0 Å². The Morgan fingerprint density at radius 1 is 1.67 bits per heavy atom. The van der Waals surface area contributed by atoms with E-state index in [2.05, 4.69) is 4.99 Å². The van der Waals surface area contributed by atoms with Crippen LogP contribution in [0.1, 0.15) is 12.8 Å². The molecule has 0 aliphatic carbocycles. The Morgan fingerprint density at radius 2 is 2.50 bits per heavy atom. The predicted octanol–water partition coefficient (Wildman–Crippen LogP) is 0.752. The topological polar surface area (TPSA) is 32.7 Å². The van der Waals surface area contributed by atoms with Crippen LogP contribution >= 0.6 is 11.8 Å². The highest BCUT2D eigenvalue weighted by atomic mass is 32.2. The van der Waals surface area contributed by atoms with Gasteiger partial charge < -0.3 is 4.90 Å². The summed E-state index contributed by atoms with van der Waals surface area (Å²) in [5.41, 5.74) is 0. The van der Waals surface area contributed by atoms with Crippen molar-refractivity contribution in [1.82, 2.24) is 4.90 Å². The molecule has 0 spiro atoms. The summed E-state index contributed by atoms with van der Waals surface area (Å²) >= 11 is 1.80. The summed E-state index contributed by atoms with van der Waals surface area (Å²) in [4.78, 5) is 17.4. The Labute approximate surface area is 76.2 Å². The fraction of sp³-hybridized carbons (Fsp3) is 0.750. The van der Waals surface area contributed by atoms with Gasteiger partial charge in [0.25, 0.3) is 0 Å². The van der Waals surface area contributed by atoms with Crippen LogP contribution in [0.25, 0.3) is 0 Å². The molecule has 0 aromatic carbocycles. The maximum atomic E-state index is 11.2. The van der Waals surface area contributed by atoms with Crippen molar-refractivity contribution in [3.8, 4) is 0 Å². The van der Waals surface area contributed by atoms with Gasteiger partial charge >= 0.3 is 0 Å². The van der Waals surface area contributed by atoms with Gasteiger partial charge in [0.2, 0.25) is 5.91 Å². The Morgan fingerprint density at radius 3 is 3.00 bits per heavy atom. The number of aliphatic imine (C=N–C) groups is 1. The number of hydrogen-bond acceptors (Lipinski definition) is 3. The third-order valence-corrected chi connectivity index (χ3v) is 3.47. The van der Waals surface area contributed by atoms with E-state index in [-0.39, 0.29) is 5.91 Å². The molecule has 0 aromatic rings. The summed E-state index contributed by atoms with van der Waals surface area (Å²) < 4.78 is 0. The van der Waals surface area contributed by atoms with E-state index in [1.165, 1.54) is 5.04 Å².